The van der Waals surface area contributed by atoms with E-state index in [1.165, 1.54) is 11.8 Å². The van der Waals surface area contributed by atoms with Crippen molar-refractivity contribution in [1.29, 1.82) is 0 Å². The highest BCUT2D eigenvalue weighted by Gasteiger charge is 2.18. The van der Waals surface area contributed by atoms with Gasteiger partial charge in [0.1, 0.15) is 5.03 Å². The van der Waals surface area contributed by atoms with Crippen molar-refractivity contribution in [3.63, 3.8) is 0 Å². The lowest BCUT2D eigenvalue weighted by molar-refractivity contribution is 0.108. The zero-order valence-corrected chi connectivity index (χ0v) is 18.9. The third-order valence-corrected chi connectivity index (χ3v) is 8.42. The fourth-order valence-corrected chi connectivity index (χ4v) is 6.39. The van der Waals surface area contributed by atoms with Gasteiger partial charge < -0.3 is 0 Å². The molecule has 9 heteroatoms. The van der Waals surface area contributed by atoms with Gasteiger partial charge in [0.15, 0.2) is 9.84 Å². The first kappa shape index (κ1) is 22.2. The van der Waals surface area contributed by atoms with Crippen LogP contribution in [-0.2, 0) is 9.84 Å². The highest BCUT2D eigenvalue weighted by Crippen LogP contribution is 2.33. The molecule has 0 bridgehead atoms. The summed E-state index contributed by atoms with van der Waals surface area (Å²) >= 11 is 14.3. The second kappa shape index (κ2) is 10.00. The number of halogens is 2. The Labute approximate surface area is 187 Å². The molecule has 0 saturated carbocycles. The van der Waals surface area contributed by atoms with Gasteiger partial charge in [-0.2, -0.15) is 0 Å². The Hall–Kier alpha value is -1.51. The summed E-state index contributed by atoms with van der Waals surface area (Å²) in [5.74, 6) is 0.225. The quantitative estimate of drug-likeness (QED) is 0.390. The molecule has 0 aliphatic rings. The number of carbonyl (C=O) groups is 1. The van der Waals surface area contributed by atoms with Crippen LogP contribution in [0.3, 0.4) is 0 Å². The molecular weight excluding hydrogens is 469 g/mol. The molecule has 0 radical (unpaired) electrons. The summed E-state index contributed by atoms with van der Waals surface area (Å²) in [6, 6.07) is 16.5. The highest BCUT2D eigenvalue weighted by molar-refractivity contribution is 8.14. The van der Waals surface area contributed by atoms with Gasteiger partial charge in [0.05, 0.1) is 21.2 Å². The number of sulfone groups is 1. The van der Waals surface area contributed by atoms with E-state index in [-0.39, 0.29) is 21.5 Å². The van der Waals surface area contributed by atoms with Gasteiger partial charge in [-0.3, -0.25) is 4.79 Å². The van der Waals surface area contributed by atoms with Crippen molar-refractivity contribution in [2.24, 2.45) is 0 Å². The van der Waals surface area contributed by atoms with Crippen molar-refractivity contribution in [3.05, 3.63) is 82.5 Å². The van der Waals surface area contributed by atoms with E-state index in [0.29, 0.717) is 25.5 Å². The number of thioether (sulfide) groups is 2. The van der Waals surface area contributed by atoms with Crippen LogP contribution in [0.5, 0.6) is 0 Å². The average Bonchev–Trinajstić information content (AvgIpc) is 2.71. The number of hydrogen-bond donors (Lipinski definition) is 0. The van der Waals surface area contributed by atoms with E-state index in [1.54, 1.807) is 66.9 Å². The third-order valence-electron chi connectivity index (χ3n) is 3.78. The van der Waals surface area contributed by atoms with Gasteiger partial charge in [0.2, 0.25) is 5.12 Å². The average molecular weight is 484 g/mol. The summed E-state index contributed by atoms with van der Waals surface area (Å²) in [4.78, 5) is 17.9. The van der Waals surface area contributed by atoms with Crippen molar-refractivity contribution < 1.29 is 13.2 Å². The Morgan fingerprint density at radius 1 is 1.00 bits per heavy atom. The molecular formula is C20H15Cl2NO3S3. The molecule has 1 aromatic heterocycles. The van der Waals surface area contributed by atoms with Crippen LogP contribution >= 0.6 is 46.7 Å². The van der Waals surface area contributed by atoms with Gasteiger partial charge in [-0.1, -0.05) is 41.4 Å². The summed E-state index contributed by atoms with van der Waals surface area (Å²) in [5.41, 5.74) is 0.408. The van der Waals surface area contributed by atoms with E-state index < -0.39 is 9.84 Å². The molecule has 0 fully saturated rings. The first-order chi connectivity index (χ1) is 13.9. The molecule has 0 unspecified atom stereocenters. The molecule has 3 aromatic rings. The second-order valence-electron chi connectivity index (χ2n) is 5.80. The number of rotatable bonds is 7. The summed E-state index contributed by atoms with van der Waals surface area (Å²) in [7, 11) is -3.39. The summed E-state index contributed by atoms with van der Waals surface area (Å²) in [5, 5.41) is 1.14. The summed E-state index contributed by atoms with van der Waals surface area (Å²) in [6.07, 6.45) is 1.57. The minimum absolute atomic E-state index is 0.0535. The standard InChI is InChI=1S/C20H15Cl2NO3S3/c21-14-8-9-18(17(22)13-14)28-20(24)16-7-4-10-23-19(16)27-11-12-29(25,26)15-5-2-1-3-6-15/h1-10,13H,11-12H2. The third kappa shape index (κ3) is 5.99. The molecule has 150 valence electrons. The van der Waals surface area contributed by atoms with Crippen molar-refractivity contribution in [2.75, 3.05) is 11.5 Å². The van der Waals surface area contributed by atoms with E-state index in [9.17, 15) is 13.2 Å². The first-order valence-electron chi connectivity index (χ1n) is 8.40. The van der Waals surface area contributed by atoms with Crippen LogP contribution in [0.25, 0.3) is 0 Å². The molecule has 0 spiro atoms. The van der Waals surface area contributed by atoms with Crippen molar-refractivity contribution >= 4 is 61.7 Å². The second-order valence-corrected chi connectivity index (χ2v) is 10.9. The molecule has 0 aliphatic heterocycles. The van der Waals surface area contributed by atoms with Gasteiger partial charge in [-0.05, 0) is 54.2 Å². The predicted octanol–water partition coefficient (Wildman–Crippen LogP) is 5.89. The van der Waals surface area contributed by atoms with Crippen LogP contribution in [0, 0.1) is 0 Å². The van der Waals surface area contributed by atoms with Crippen molar-refractivity contribution in [2.45, 2.75) is 14.8 Å². The fourth-order valence-electron chi connectivity index (χ4n) is 2.37. The minimum Gasteiger partial charge on any atom is -0.281 e. The predicted molar refractivity (Wildman–Crippen MR) is 120 cm³/mol. The van der Waals surface area contributed by atoms with Crippen LogP contribution in [0.1, 0.15) is 10.4 Å². The van der Waals surface area contributed by atoms with Gasteiger partial charge in [-0.25, -0.2) is 13.4 Å². The fraction of sp³-hybridized carbons (Fsp3) is 0.100. The zero-order valence-electron chi connectivity index (χ0n) is 14.9. The molecule has 3 rings (SSSR count). The zero-order chi connectivity index (χ0) is 20.9. The van der Waals surface area contributed by atoms with Gasteiger partial charge in [0.25, 0.3) is 0 Å². The molecule has 2 aromatic carbocycles. The Morgan fingerprint density at radius 3 is 2.48 bits per heavy atom. The normalized spacial score (nSPS) is 11.4. The summed E-state index contributed by atoms with van der Waals surface area (Å²) < 4.78 is 24.8. The number of pyridine rings is 1. The Morgan fingerprint density at radius 2 is 1.76 bits per heavy atom. The minimum atomic E-state index is -3.39. The van der Waals surface area contributed by atoms with E-state index in [2.05, 4.69) is 4.98 Å². The molecule has 0 saturated heterocycles. The maximum Gasteiger partial charge on any atom is 0.226 e. The Kier molecular flexibility index (Phi) is 7.65. The number of carbonyl (C=O) groups excluding carboxylic acids is 1. The molecule has 0 aliphatic carbocycles. The van der Waals surface area contributed by atoms with Crippen molar-refractivity contribution in [1.82, 2.24) is 4.98 Å². The number of hydrogen-bond acceptors (Lipinski definition) is 6. The van der Waals surface area contributed by atoms with Crippen LogP contribution in [0.4, 0.5) is 0 Å². The lowest BCUT2D eigenvalue weighted by Crippen LogP contribution is -2.09. The van der Waals surface area contributed by atoms with E-state index in [0.717, 1.165) is 11.8 Å². The van der Waals surface area contributed by atoms with E-state index in [4.69, 9.17) is 23.2 Å². The molecule has 1 heterocycles. The smallest absolute Gasteiger partial charge is 0.226 e. The van der Waals surface area contributed by atoms with Crippen LogP contribution in [-0.4, -0.2) is 30.0 Å². The number of nitrogens with zero attached hydrogens (tertiary/aromatic N) is 1. The molecule has 29 heavy (non-hydrogen) atoms. The molecule has 4 nitrogen and oxygen atoms in total. The topological polar surface area (TPSA) is 64.1 Å². The van der Waals surface area contributed by atoms with Crippen molar-refractivity contribution in [3.8, 4) is 0 Å². The Bertz CT molecular complexity index is 1120. The largest absolute Gasteiger partial charge is 0.281 e. The highest BCUT2D eigenvalue weighted by atomic mass is 35.5. The number of aromatic nitrogens is 1. The maximum atomic E-state index is 12.8. The number of benzene rings is 2. The summed E-state index contributed by atoms with van der Waals surface area (Å²) in [6.45, 7) is 0. The molecule has 0 atom stereocenters. The van der Waals surface area contributed by atoms with Crippen LogP contribution in [0.15, 0.2) is 81.7 Å². The maximum absolute atomic E-state index is 12.8. The lowest BCUT2D eigenvalue weighted by atomic mass is 10.3. The van der Waals surface area contributed by atoms with Crippen LogP contribution < -0.4 is 0 Å². The van der Waals surface area contributed by atoms with Gasteiger partial charge in [-0.15, -0.1) is 11.8 Å². The van der Waals surface area contributed by atoms with E-state index >= 15 is 0 Å². The lowest BCUT2D eigenvalue weighted by Gasteiger charge is -2.08. The molecule has 0 N–H and O–H groups in total. The first-order valence-corrected chi connectivity index (χ1v) is 12.6. The SMILES string of the molecule is O=C(Sc1ccc(Cl)cc1Cl)c1cccnc1SCCS(=O)(=O)c1ccccc1. The van der Waals surface area contributed by atoms with E-state index in [1.807, 2.05) is 0 Å². The monoisotopic (exact) mass is 483 g/mol. The van der Waals surface area contributed by atoms with Gasteiger partial charge >= 0.3 is 0 Å². The van der Waals surface area contributed by atoms with Gasteiger partial charge in [0, 0.05) is 21.9 Å². The molecule has 0 amide bonds. The Balaban J connectivity index is 1.69. The van der Waals surface area contributed by atoms with Crippen LogP contribution in [0.2, 0.25) is 10.0 Å².